The Morgan fingerprint density at radius 2 is 1.60 bits per heavy atom. The van der Waals surface area contributed by atoms with E-state index >= 15 is 0 Å². The Morgan fingerprint density at radius 1 is 0.914 bits per heavy atom. The second-order valence-electron chi connectivity index (χ2n) is 14.5. The van der Waals surface area contributed by atoms with E-state index in [1.165, 1.54) is 38.5 Å². The molecule has 4 aliphatic carbocycles. The zero-order valence-electron chi connectivity index (χ0n) is 24.2. The Hall–Kier alpha value is -1.12. The van der Waals surface area contributed by atoms with E-state index in [0.29, 0.717) is 29.0 Å². The molecule has 0 amide bonds. The van der Waals surface area contributed by atoms with E-state index < -0.39 is 0 Å². The smallest absolute Gasteiger partial charge is 0.302 e. The molecular formula is C32H52O3. The normalized spacial score (nSPS) is 41.1. The number of Topliss-reactive ketones (excluding diaryl/α,β-unsaturated/α-hetero) is 1. The highest BCUT2D eigenvalue weighted by Gasteiger charge is 2.63. The average molecular weight is 485 g/mol. The van der Waals surface area contributed by atoms with Gasteiger partial charge in [-0.05, 0) is 91.8 Å². The maximum absolute atomic E-state index is 12.3. The van der Waals surface area contributed by atoms with Gasteiger partial charge in [-0.2, -0.15) is 0 Å². The number of hydrogen-bond acceptors (Lipinski definition) is 3. The van der Waals surface area contributed by atoms with Crippen LogP contribution < -0.4 is 0 Å². The number of rotatable bonds is 6. The van der Waals surface area contributed by atoms with Crippen molar-refractivity contribution >= 4 is 11.8 Å². The summed E-state index contributed by atoms with van der Waals surface area (Å²) in [7, 11) is 0. The molecule has 198 valence electrons. The predicted octanol–water partition coefficient (Wildman–Crippen LogP) is 8.31. The molecule has 3 nitrogen and oxygen atoms in total. The van der Waals surface area contributed by atoms with Gasteiger partial charge in [0.15, 0.2) is 0 Å². The Morgan fingerprint density at radius 3 is 2.23 bits per heavy atom. The maximum Gasteiger partial charge on any atom is 0.302 e. The lowest BCUT2D eigenvalue weighted by Gasteiger charge is -2.62. The summed E-state index contributed by atoms with van der Waals surface area (Å²) >= 11 is 0. The third-order valence-corrected chi connectivity index (χ3v) is 12.2. The zero-order valence-corrected chi connectivity index (χ0v) is 24.2. The largest absolute Gasteiger partial charge is 0.462 e. The fourth-order valence-electron chi connectivity index (χ4n) is 9.89. The van der Waals surface area contributed by atoms with Crippen LogP contribution in [0.15, 0.2) is 11.1 Å². The van der Waals surface area contributed by atoms with E-state index in [1.54, 1.807) is 18.1 Å². The van der Waals surface area contributed by atoms with Gasteiger partial charge in [0.05, 0.1) is 0 Å². The Kier molecular flexibility index (Phi) is 6.94. The van der Waals surface area contributed by atoms with E-state index in [1.807, 2.05) is 13.8 Å². The highest BCUT2D eigenvalue weighted by Crippen LogP contribution is 2.72. The van der Waals surface area contributed by atoms with Crippen molar-refractivity contribution in [3.8, 4) is 0 Å². The summed E-state index contributed by atoms with van der Waals surface area (Å²) in [5.41, 5.74) is 4.44. The van der Waals surface area contributed by atoms with Crippen LogP contribution >= 0.6 is 0 Å². The summed E-state index contributed by atoms with van der Waals surface area (Å²) in [6.45, 7) is 20.5. The van der Waals surface area contributed by atoms with Crippen LogP contribution in [0.2, 0.25) is 0 Å². The predicted molar refractivity (Wildman–Crippen MR) is 143 cm³/mol. The van der Waals surface area contributed by atoms with Crippen molar-refractivity contribution in [1.29, 1.82) is 0 Å². The van der Waals surface area contributed by atoms with Crippen molar-refractivity contribution < 1.29 is 14.3 Å². The molecule has 0 heterocycles. The molecule has 7 atom stereocenters. The molecule has 0 radical (unpaired) electrons. The quantitative estimate of drug-likeness (QED) is 0.281. The van der Waals surface area contributed by atoms with Crippen molar-refractivity contribution in [1.82, 2.24) is 0 Å². The van der Waals surface area contributed by atoms with Crippen LogP contribution in [-0.4, -0.2) is 17.9 Å². The number of carbonyl (C=O) groups is 2. The molecule has 3 heteroatoms. The second-order valence-corrected chi connectivity index (χ2v) is 14.5. The van der Waals surface area contributed by atoms with Crippen LogP contribution in [0, 0.1) is 45.3 Å². The number of ketones is 1. The maximum atomic E-state index is 12.3. The third-order valence-electron chi connectivity index (χ3n) is 12.2. The molecule has 0 aromatic heterocycles. The minimum Gasteiger partial charge on any atom is -0.462 e. The fraction of sp³-hybridized carbons (Fsp3) is 0.875. The molecule has 2 saturated carbocycles. The lowest BCUT2D eigenvalue weighted by atomic mass is 9.43. The van der Waals surface area contributed by atoms with Crippen LogP contribution in [0.3, 0.4) is 0 Å². The van der Waals surface area contributed by atoms with Gasteiger partial charge < -0.3 is 4.74 Å². The van der Waals surface area contributed by atoms with Gasteiger partial charge in [-0.1, -0.05) is 66.5 Å². The summed E-state index contributed by atoms with van der Waals surface area (Å²) in [6.07, 6.45) is 11.5. The first-order valence-electron chi connectivity index (χ1n) is 14.6. The van der Waals surface area contributed by atoms with E-state index in [2.05, 4.69) is 41.5 Å². The third kappa shape index (κ3) is 4.06. The summed E-state index contributed by atoms with van der Waals surface area (Å²) in [4.78, 5) is 24.2. The lowest BCUT2D eigenvalue weighted by molar-refractivity contribution is -0.167. The molecule has 0 aromatic rings. The van der Waals surface area contributed by atoms with E-state index in [0.717, 1.165) is 25.7 Å². The molecule has 4 aliphatic rings. The second kappa shape index (κ2) is 9.02. The Labute approximate surface area is 215 Å². The number of ether oxygens (including phenoxy) is 1. The van der Waals surface area contributed by atoms with Crippen LogP contribution in [0.25, 0.3) is 0 Å². The van der Waals surface area contributed by atoms with Crippen molar-refractivity contribution in [3.63, 3.8) is 0 Å². The highest BCUT2D eigenvalue weighted by atomic mass is 16.5. The summed E-state index contributed by atoms with van der Waals surface area (Å²) in [5, 5.41) is 0. The standard InChI is InChI=1S/C32H52O3/c1-20(2)26(34)12-10-21(3)23-14-18-32(9)25-11-13-27-29(5,6)28(35-22(4)33)16-17-30(27,7)24(25)15-19-31(23,32)8/h20-21,23,27-28H,10-19H2,1-9H3/t21-,23-,27-,28-,30+,31-,32+/m0/s1. The number of esters is 1. The van der Waals surface area contributed by atoms with Crippen molar-refractivity contribution in [2.45, 2.75) is 133 Å². The lowest BCUT2D eigenvalue weighted by Crippen LogP contribution is -2.55. The van der Waals surface area contributed by atoms with Gasteiger partial charge in [-0.25, -0.2) is 0 Å². The molecule has 4 rings (SSSR count). The van der Waals surface area contributed by atoms with Crippen LogP contribution in [0.1, 0.15) is 127 Å². The van der Waals surface area contributed by atoms with Gasteiger partial charge >= 0.3 is 5.97 Å². The topological polar surface area (TPSA) is 43.4 Å². The summed E-state index contributed by atoms with van der Waals surface area (Å²) in [6, 6.07) is 0. The SMILES string of the molecule is CC(=O)O[C@H]1CC[C@]2(C)C3=C(CC[C@H]2C1(C)C)[C@@]1(C)CC[C@@H]([C@@H](C)CCC(=O)C(C)C)[C@]1(C)CC3. The minimum atomic E-state index is -0.135. The molecule has 0 bridgehead atoms. The molecule has 0 N–H and O–H groups in total. The van der Waals surface area contributed by atoms with Gasteiger partial charge in [0, 0.05) is 24.7 Å². The van der Waals surface area contributed by atoms with Crippen LogP contribution in [0.5, 0.6) is 0 Å². The van der Waals surface area contributed by atoms with Crippen molar-refractivity contribution in [2.24, 2.45) is 45.3 Å². The van der Waals surface area contributed by atoms with E-state index in [9.17, 15) is 9.59 Å². The molecule has 0 unspecified atom stereocenters. The number of hydrogen-bond donors (Lipinski definition) is 0. The molecule has 0 saturated heterocycles. The van der Waals surface area contributed by atoms with Gasteiger partial charge in [-0.15, -0.1) is 0 Å². The first-order chi connectivity index (χ1) is 16.2. The molecular weight excluding hydrogens is 432 g/mol. The Balaban J connectivity index is 1.61. The van der Waals surface area contributed by atoms with E-state index in [4.69, 9.17) is 4.74 Å². The molecule has 2 fully saturated rings. The zero-order chi connectivity index (χ0) is 26.0. The van der Waals surface area contributed by atoms with Gasteiger partial charge in [-0.3, -0.25) is 9.59 Å². The first kappa shape index (κ1) is 26.9. The fourth-order valence-corrected chi connectivity index (χ4v) is 9.89. The van der Waals surface area contributed by atoms with Crippen molar-refractivity contribution in [2.75, 3.05) is 0 Å². The van der Waals surface area contributed by atoms with Gasteiger partial charge in [0.2, 0.25) is 0 Å². The number of carbonyl (C=O) groups excluding carboxylic acids is 2. The highest BCUT2D eigenvalue weighted by molar-refractivity contribution is 5.80. The summed E-state index contributed by atoms with van der Waals surface area (Å²) < 4.78 is 5.86. The monoisotopic (exact) mass is 484 g/mol. The molecule has 0 aromatic carbocycles. The van der Waals surface area contributed by atoms with Crippen LogP contribution in [-0.2, 0) is 14.3 Å². The van der Waals surface area contributed by atoms with Crippen molar-refractivity contribution in [3.05, 3.63) is 11.1 Å². The molecule has 35 heavy (non-hydrogen) atoms. The van der Waals surface area contributed by atoms with Crippen LogP contribution in [0.4, 0.5) is 0 Å². The molecule has 0 aliphatic heterocycles. The average Bonchev–Trinajstić information content (AvgIpc) is 3.05. The Bertz CT molecular complexity index is 896. The first-order valence-corrected chi connectivity index (χ1v) is 14.6. The van der Waals surface area contributed by atoms with Gasteiger partial charge in [0.1, 0.15) is 11.9 Å². The molecule has 0 spiro atoms. The van der Waals surface area contributed by atoms with E-state index in [-0.39, 0.29) is 34.2 Å². The number of fused-ring (bicyclic) bond motifs is 4. The minimum absolute atomic E-state index is 0.00846. The number of allylic oxidation sites excluding steroid dienone is 2. The van der Waals surface area contributed by atoms with Gasteiger partial charge in [0.25, 0.3) is 0 Å². The summed E-state index contributed by atoms with van der Waals surface area (Å²) in [5.74, 6) is 2.34.